The average molecular weight is 1110 g/mol. The predicted molar refractivity (Wildman–Crippen MR) is 236 cm³/mol. The summed E-state index contributed by atoms with van der Waals surface area (Å²) >= 11 is 1.74. The summed E-state index contributed by atoms with van der Waals surface area (Å²) in [5, 5.41) is -7.95. The molecule has 0 saturated carbocycles. The Morgan fingerprint density at radius 3 is 1.32 bits per heavy atom. The van der Waals surface area contributed by atoms with Gasteiger partial charge in [-0.3, -0.25) is 0 Å². The van der Waals surface area contributed by atoms with Gasteiger partial charge in [0, 0.05) is 22.6 Å². The van der Waals surface area contributed by atoms with Gasteiger partial charge in [-0.25, -0.2) is 8.42 Å². The van der Waals surface area contributed by atoms with Crippen molar-refractivity contribution in [2.45, 2.75) is 85.3 Å². The highest BCUT2D eigenvalue weighted by atomic mass is 32.2. The molecule has 6 aromatic rings. The Balaban J connectivity index is 0.000000299. The average Bonchev–Trinajstić information content (AvgIpc) is 3.33. The summed E-state index contributed by atoms with van der Waals surface area (Å²) in [6.07, 6.45) is -7.89. The van der Waals surface area contributed by atoms with Crippen LogP contribution in [0, 0.1) is 0 Å². The highest BCUT2D eigenvalue weighted by Gasteiger charge is 2.95. The zero-order valence-electron chi connectivity index (χ0n) is 37.0. The molecule has 0 N–H and O–H groups in total. The normalized spacial score (nSPS) is 13.7. The molecule has 0 aliphatic heterocycles. The summed E-state index contributed by atoms with van der Waals surface area (Å²) in [6, 6.07) is 53.8. The summed E-state index contributed by atoms with van der Waals surface area (Å²) in [4.78, 5) is 5.95. The fourth-order valence-electron chi connectivity index (χ4n) is 6.47. The number of hydrogen-bond acceptors (Lipinski definition) is 6. The maximum Gasteiger partial charge on any atom is 0.460 e. The van der Waals surface area contributed by atoms with Crippen molar-refractivity contribution < 1.29 is 97.1 Å². The second-order valence-electron chi connectivity index (χ2n) is 15.0. The van der Waals surface area contributed by atoms with E-state index in [0.717, 1.165) is 27.5 Å². The van der Waals surface area contributed by atoms with E-state index in [-0.39, 0.29) is 10.9 Å². The minimum atomic E-state index is -8.92. The van der Waals surface area contributed by atoms with Gasteiger partial charge in [-0.05, 0) is 79.1 Å². The maximum atomic E-state index is 13.0. The minimum absolute atomic E-state index is 0.355. The van der Waals surface area contributed by atoms with Crippen molar-refractivity contribution in [3.63, 3.8) is 0 Å². The molecule has 0 heterocycles. The van der Waals surface area contributed by atoms with Crippen LogP contribution in [0.1, 0.15) is 13.8 Å². The fourth-order valence-corrected chi connectivity index (χ4v) is 9.90. The van der Waals surface area contributed by atoms with Gasteiger partial charge in [0.05, 0.1) is 29.0 Å². The van der Waals surface area contributed by atoms with Crippen LogP contribution in [0.25, 0.3) is 22.3 Å². The summed E-state index contributed by atoms with van der Waals surface area (Å²) in [5.74, 6) is -50.3. The first-order valence-electron chi connectivity index (χ1n) is 20.6. The Morgan fingerprint density at radius 1 is 0.452 bits per heavy atom. The van der Waals surface area contributed by atoms with Gasteiger partial charge >= 0.3 is 47.0 Å². The van der Waals surface area contributed by atoms with E-state index in [4.69, 9.17) is 9.47 Å². The van der Waals surface area contributed by atoms with E-state index in [9.17, 15) is 87.6 Å². The minimum Gasteiger partial charge on any atom is -0.743 e. The Bertz CT molecular complexity index is 2910. The van der Waals surface area contributed by atoms with Crippen molar-refractivity contribution >= 4 is 32.8 Å². The lowest BCUT2D eigenvalue weighted by Gasteiger charge is -2.42. The highest BCUT2D eigenvalue weighted by Crippen LogP contribution is 2.64. The summed E-state index contributed by atoms with van der Waals surface area (Å²) in [5.41, 5.74) is 4.69. The van der Waals surface area contributed by atoms with Crippen molar-refractivity contribution in [3.8, 4) is 33.8 Å². The summed E-state index contributed by atoms with van der Waals surface area (Å²) in [6.45, 7) is 5.29. The van der Waals surface area contributed by atoms with Crippen LogP contribution in [-0.4, -0.2) is 73.2 Å². The van der Waals surface area contributed by atoms with Crippen molar-refractivity contribution in [1.29, 1.82) is 0 Å². The van der Waals surface area contributed by atoms with Crippen LogP contribution >= 0.6 is 11.8 Å². The van der Waals surface area contributed by atoms with Crippen LogP contribution in [-0.2, 0) is 21.0 Å². The molecule has 0 fully saturated rings. The van der Waals surface area contributed by atoms with Crippen molar-refractivity contribution in [3.05, 3.63) is 152 Å². The third kappa shape index (κ3) is 11.2. The number of ether oxygens (including phenoxy) is 2. The van der Waals surface area contributed by atoms with Gasteiger partial charge in [-0.1, -0.05) is 103 Å². The predicted octanol–water partition coefficient (Wildman–Crippen LogP) is 15.6. The molecular weight excluding hydrogens is 1080 g/mol. The van der Waals surface area contributed by atoms with Gasteiger partial charge in [0.1, 0.15) is 11.5 Å². The SMILES string of the molecule is CCOc1cc([S+](c2ccccc2)c2ccc(-c3ccccc3)c(OCC)c2)ccc1Sc1ccc(-c2ccccc2)cc1.O=S(=O)([O-])C(F)(F)C(F)(F)C(F)(F)C(F)(F)C(F)(F)C(F)(F)C(F)(F)C(F)(F)F. The molecule has 0 aliphatic carbocycles. The number of rotatable bonds is 18. The standard InChI is InChI=1S/C40H35O2S2.C8HF17O3S/c1-3-41-38-28-35(24-26-37(38)32-16-10-6-11-17-32)44(34-18-12-7-13-19-34)36-25-27-40(39(29-36)42-4-2)43-33-22-20-31(21-23-33)30-14-8-5-9-15-30;9-1(10,3(13,14)5(17,18)7(21,22)23)2(11,12)4(15,16)6(19,20)8(24,25)29(26,27)28/h5-29H,3-4H2,1-2H3;(H,26,27,28)/q+1;/p-1. The van der Waals surface area contributed by atoms with Crippen LogP contribution in [0.2, 0.25) is 0 Å². The molecule has 0 aromatic heterocycles. The zero-order valence-corrected chi connectivity index (χ0v) is 39.5. The first-order chi connectivity index (χ1) is 33.7. The summed E-state index contributed by atoms with van der Waals surface area (Å²) in [7, 11) is -8.50. The number of alkyl halides is 17. The molecule has 6 rings (SSSR count). The lowest BCUT2D eigenvalue weighted by Crippen LogP contribution is -2.75. The smallest absolute Gasteiger partial charge is 0.460 e. The Morgan fingerprint density at radius 2 is 0.849 bits per heavy atom. The second kappa shape index (κ2) is 21.7. The van der Waals surface area contributed by atoms with Crippen LogP contribution < -0.4 is 9.47 Å². The molecule has 0 bridgehead atoms. The molecule has 1 unspecified atom stereocenters. The fraction of sp³-hybridized carbons (Fsp3) is 0.250. The monoisotopic (exact) mass is 1110 g/mol. The van der Waals surface area contributed by atoms with Gasteiger partial charge in [-0.15, -0.1) is 0 Å². The van der Waals surface area contributed by atoms with Crippen LogP contribution in [0.3, 0.4) is 0 Å². The maximum absolute atomic E-state index is 13.0. The Labute approximate surface area is 412 Å². The molecule has 0 aliphatic rings. The molecule has 5 nitrogen and oxygen atoms in total. The first kappa shape index (κ1) is 58.2. The largest absolute Gasteiger partial charge is 0.743 e. The second-order valence-corrected chi connectivity index (χ2v) is 19.6. The van der Waals surface area contributed by atoms with E-state index < -0.39 is 57.1 Å². The van der Waals surface area contributed by atoms with E-state index in [1.54, 1.807) is 11.8 Å². The number of hydrogen-bond donors (Lipinski definition) is 0. The topological polar surface area (TPSA) is 75.7 Å². The van der Waals surface area contributed by atoms with E-state index in [1.807, 2.05) is 26.0 Å². The van der Waals surface area contributed by atoms with Crippen LogP contribution in [0.15, 0.2) is 176 Å². The van der Waals surface area contributed by atoms with Crippen molar-refractivity contribution in [2.75, 3.05) is 13.2 Å². The third-order valence-corrected chi connectivity index (χ3v) is 14.3. The van der Waals surface area contributed by atoms with E-state index in [1.165, 1.54) is 30.7 Å². The highest BCUT2D eigenvalue weighted by molar-refractivity contribution is 7.99. The molecule has 394 valence electrons. The van der Waals surface area contributed by atoms with Crippen molar-refractivity contribution in [1.82, 2.24) is 0 Å². The number of halogens is 17. The number of benzene rings is 6. The summed E-state index contributed by atoms with van der Waals surface area (Å²) < 4.78 is 257. The molecule has 0 radical (unpaired) electrons. The molecular formula is C48H35F17O5S3. The van der Waals surface area contributed by atoms with Crippen LogP contribution in [0.5, 0.6) is 11.5 Å². The molecule has 25 heteroatoms. The zero-order chi connectivity index (χ0) is 54.6. The van der Waals surface area contributed by atoms with E-state index in [0.29, 0.717) is 13.2 Å². The molecule has 6 aromatic carbocycles. The van der Waals surface area contributed by atoms with Gasteiger partial charge in [0.25, 0.3) is 0 Å². The molecule has 1 atom stereocenters. The Hall–Kier alpha value is -5.66. The Kier molecular flexibility index (Phi) is 17.3. The first-order valence-corrected chi connectivity index (χ1v) is 24.1. The third-order valence-electron chi connectivity index (χ3n) is 10.2. The molecule has 0 saturated heterocycles. The van der Waals surface area contributed by atoms with Gasteiger partial charge < -0.3 is 14.0 Å². The molecule has 73 heavy (non-hydrogen) atoms. The lowest BCUT2D eigenvalue weighted by molar-refractivity contribution is -0.458. The van der Waals surface area contributed by atoms with Gasteiger partial charge in [0.15, 0.2) is 24.8 Å². The lowest BCUT2D eigenvalue weighted by atomic mass is 9.91. The van der Waals surface area contributed by atoms with Crippen molar-refractivity contribution in [2.24, 2.45) is 0 Å². The molecule has 0 spiro atoms. The van der Waals surface area contributed by atoms with Gasteiger partial charge in [0.2, 0.25) is 0 Å². The molecule has 0 amide bonds. The van der Waals surface area contributed by atoms with E-state index >= 15 is 0 Å². The van der Waals surface area contributed by atoms with E-state index in [2.05, 4.69) is 140 Å². The van der Waals surface area contributed by atoms with Crippen LogP contribution in [0.4, 0.5) is 74.6 Å². The van der Waals surface area contributed by atoms with Gasteiger partial charge in [-0.2, -0.15) is 74.6 Å². The quantitative estimate of drug-likeness (QED) is 0.0485.